The fourth-order valence-electron chi connectivity index (χ4n) is 1.86. The quantitative estimate of drug-likeness (QED) is 0.845. The zero-order valence-electron chi connectivity index (χ0n) is 9.50. The molecule has 0 bridgehead atoms. The molecule has 0 aliphatic carbocycles. The van der Waals surface area contributed by atoms with E-state index in [0.717, 1.165) is 11.1 Å². The van der Waals surface area contributed by atoms with Crippen LogP contribution in [0.1, 0.15) is 11.1 Å². The Morgan fingerprint density at radius 2 is 1.71 bits per heavy atom. The number of nitrogens with two attached hydrogens (primary N) is 1. The van der Waals surface area contributed by atoms with Crippen LogP contribution in [0.2, 0.25) is 0 Å². The van der Waals surface area contributed by atoms with Gasteiger partial charge in [0.2, 0.25) is 0 Å². The van der Waals surface area contributed by atoms with Crippen LogP contribution in [0.3, 0.4) is 0 Å². The van der Waals surface area contributed by atoms with Gasteiger partial charge in [-0.25, -0.2) is 8.78 Å². The van der Waals surface area contributed by atoms with Crippen LogP contribution < -0.4 is 5.73 Å². The van der Waals surface area contributed by atoms with Crippen LogP contribution in [-0.2, 0) is 6.54 Å². The van der Waals surface area contributed by atoms with E-state index in [2.05, 4.69) is 0 Å². The van der Waals surface area contributed by atoms with Crippen molar-refractivity contribution in [3.05, 3.63) is 59.2 Å². The van der Waals surface area contributed by atoms with E-state index in [1.54, 1.807) is 12.1 Å². The summed E-state index contributed by atoms with van der Waals surface area (Å²) in [7, 11) is 0. The van der Waals surface area contributed by atoms with Gasteiger partial charge in [0.1, 0.15) is 11.6 Å². The van der Waals surface area contributed by atoms with E-state index in [0.29, 0.717) is 5.56 Å². The Kier molecular flexibility index (Phi) is 3.20. The second kappa shape index (κ2) is 4.63. The van der Waals surface area contributed by atoms with Crippen LogP contribution >= 0.6 is 0 Å². The van der Waals surface area contributed by atoms with Gasteiger partial charge in [-0.05, 0) is 30.2 Å². The lowest BCUT2D eigenvalue weighted by molar-refractivity contribution is 0.589. The van der Waals surface area contributed by atoms with Crippen LogP contribution in [-0.4, -0.2) is 0 Å². The molecule has 0 saturated heterocycles. The molecule has 0 aliphatic heterocycles. The lowest BCUT2D eigenvalue weighted by atomic mass is 9.97. The Balaban J connectivity index is 2.71. The second-order valence-corrected chi connectivity index (χ2v) is 3.96. The van der Waals surface area contributed by atoms with Crippen molar-refractivity contribution in [2.45, 2.75) is 13.5 Å². The van der Waals surface area contributed by atoms with Crippen LogP contribution in [0.15, 0.2) is 36.4 Å². The molecule has 0 fully saturated rings. The van der Waals surface area contributed by atoms with E-state index >= 15 is 0 Å². The maximum absolute atomic E-state index is 13.7. The van der Waals surface area contributed by atoms with Crippen LogP contribution in [0.25, 0.3) is 11.1 Å². The molecular formula is C14H13F2N. The summed E-state index contributed by atoms with van der Waals surface area (Å²) in [4.78, 5) is 0. The smallest absolute Gasteiger partial charge is 0.133 e. The summed E-state index contributed by atoms with van der Waals surface area (Å²) in [5.74, 6) is -1.13. The summed E-state index contributed by atoms with van der Waals surface area (Å²) in [6.45, 7) is 2.13. The first-order chi connectivity index (χ1) is 8.13. The SMILES string of the molecule is Cc1ccc(CN)c(-c2c(F)cccc2F)c1. The number of benzene rings is 2. The van der Waals surface area contributed by atoms with Crippen molar-refractivity contribution in [3.63, 3.8) is 0 Å². The Hall–Kier alpha value is -1.74. The number of rotatable bonds is 2. The average molecular weight is 233 g/mol. The zero-order valence-corrected chi connectivity index (χ0v) is 9.50. The van der Waals surface area contributed by atoms with Gasteiger partial charge < -0.3 is 5.73 Å². The van der Waals surface area contributed by atoms with E-state index in [1.807, 2.05) is 13.0 Å². The highest BCUT2D eigenvalue weighted by Gasteiger charge is 2.13. The molecule has 0 heterocycles. The molecule has 88 valence electrons. The van der Waals surface area contributed by atoms with Gasteiger partial charge >= 0.3 is 0 Å². The molecule has 2 aromatic carbocycles. The highest BCUT2D eigenvalue weighted by atomic mass is 19.1. The van der Waals surface area contributed by atoms with E-state index in [-0.39, 0.29) is 12.1 Å². The summed E-state index contributed by atoms with van der Waals surface area (Å²) < 4.78 is 27.4. The normalized spacial score (nSPS) is 10.6. The van der Waals surface area contributed by atoms with E-state index in [4.69, 9.17) is 5.73 Å². The van der Waals surface area contributed by atoms with Crippen molar-refractivity contribution < 1.29 is 8.78 Å². The van der Waals surface area contributed by atoms with Gasteiger partial charge in [0.25, 0.3) is 0 Å². The second-order valence-electron chi connectivity index (χ2n) is 3.96. The molecule has 0 spiro atoms. The minimum atomic E-state index is -0.565. The lowest BCUT2D eigenvalue weighted by Gasteiger charge is -2.11. The minimum absolute atomic E-state index is 0.00310. The first kappa shape index (κ1) is 11.7. The van der Waals surface area contributed by atoms with Crippen molar-refractivity contribution in [2.75, 3.05) is 0 Å². The molecule has 1 nitrogen and oxygen atoms in total. The molecular weight excluding hydrogens is 220 g/mol. The van der Waals surface area contributed by atoms with Crippen LogP contribution in [0.5, 0.6) is 0 Å². The summed E-state index contributed by atoms with van der Waals surface area (Å²) in [6, 6.07) is 9.29. The van der Waals surface area contributed by atoms with E-state index < -0.39 is 11.6 Å². The topological polar surface area (TPSA) is 26.0 Å². The number of halogens is 2. The molecule has 17 heavy (non-hydrogen) atoms. The summed E-state index contributed by atoms with van der Waals surface area (Å²) in [5.41, 5.74) is 7.80. The Labute approximate surface area is 98.9 Å². The fraction of sp³-hybridized carbons (Fsp3) is 0.143. The van der Waals surface area contributed by atoms with Gasteiger partial charge in [-0.3, -0.25) is 0 Å². The molecule has 0 atom stereocenters. The lowest BCUT2D eigenvalue weighted by Crippen LogP contribution is -2.01. The number of hydrogen-bond donors (Lipinski definition) is 1. The van der Waals surface area contributed by atoms with Crippen molar-refractivity contribution >= 4 is 0 Å². The molecule has 2 N–H and O–H groups in total. The molecule has 2 rings (SSSR count). The molecule has 2 aromatic rings. The summed E-state index contributed by atoms with van der Waals surface area (Å²) >= 11 is 0. The predicted molar refractivity (Wildman–Crippen MR) is 64.4 cm³/mol. The summed E-state index contributed by atoms with van der Waals surface area (Å²) in [6.07, 6.45) is 0. The third-order valence-corrected chi connectivity index (χ3v) is 2.72. The van der Waals surface area contributed by atoms with Gasteiger partial charge in [-0.15, -0.1) is 0 Å². The highest BCUT2D eigenvalue weighted by Crippen LogP contribution is 2.29. The number of hydrogen-bond acceptors (Lipinski definition) is 1. The number of aryl methyl sites for hydroxylation is 1. The van der Waals surface area contributed by atoms with Gasteiger partial charge in [-0.1, -0.05) is 29.8 Å². The largest absolute Gasteiger partial charge is 0.326 e. The summed E-state index contributed by atoms with van der Waals surface area (Å²) in [5, 5.41) is 0. The zero-order chi connectivity index (χ0) is 12.4. The van der Waals surface area contributed by atoms with Crippen molar-refractivity contribution in [1.29, 1.82) is 0 Å². The third-order valence-electron chi connectivity index (χ3n) is 2.72. The maximum atomic E-state index is 13.7. The Morgan fingerprint density at radius 3 is 2.29 bits per heavy atom. The first-order valence-corrected chi connectivity index (χ1v) is 5.37. The standard InChI is InChI=1S/C14H13F2N/c1-9-5-6-10(8-17)11(7-9)14-12(15)3-2-4-13(14)16/h2-7H,8,17H2,1H3. The third kappa shape index (κ3) is 2.19. The molecule has 0 saturated carbocycles. The minimum Gasteiger partial charge on any atom is -0.326 e. The molecule has 0 amide bonds. The van der Waals surface area contributed by atoms with Gasteiger partial charge in [0.05, 0.1) is 5.56 Å². The molecule has 0 aromatic heterocycles. The highest BCUT2D eigenvalue weighted by molar-refractivity contribution is 5.69. The van der Waals surface area contributed by atoms with Gasteiger partial charge in [-0.2, -0.15) is 0 Å². The predicted octanol–water partition coefficient (Wildman–Crippen LogP) is 3.40. The van der Waals surface area contributed by atoms with Crippen molar-refractivity contribution in [1.82, 2.24) is 0 Å². The fourth-order valence-corrected chi connectivity index (χ4v) is 1.86. The van der Waals surface area contributed by atoms with Crippen LogP contribution in [0, 0.1) is 18.6 Å². The Bertz CT molecular complexity index is 530. The average Bonchev–Trinajstić information content (AvgIpc) is 2.29. The first-order valence-electron chi connectivity index (χ1n) is 5.37. The Morgan fingerprint density at radius 1 is 1.06 bits per heavy atom. The van der Waals surface area contributed by atoms with Crippen molar-refractivity contribution in [2.24, 2.45) is 5.73 Å². The van der Waals surface area contributed by atoms with Crippen LogP contribution in [0.4, 0.5) is 8.78 Å². The van der Waals surface area contributed by atoms with Gasteiger partial charge in [0.15, 0.2) is 0 Å². The van der Waals surface area contributed by atoms with Gasteiger partial charge in [0, 0.05) is 6.54 Å². The molecule has 0 aliphatic rings. The molecule has 3 heteroatoms. The van der Waals surface area contributed by atoms with E-state index in [9.17, 15) is 8.78 Å². The van der Waals surface area contributed by atoms with E-state index in [1.165, 1.54) is 18.2 Å². The maximum Gasteiger partial charge on any atom is 0.133 e. The molecule has 0 radical (unpaired) electrons. The van der Waals surface area contributed by atoms with Crippen molar-refractivity contribution in [3.8, 4) is 11.1 Å². The monoisotopic (exact) mass is 233 g/mol. The molecule has 0 unspecified atom stereocenters.